The van der Waals surface area contributed by atoms with E-state index in [1.54, 1.807) is 23.1 Å². The molecular formula is C23H22ClFN2O4S. The lowest BCUT2D eigenvalue weighted by atomic mass is 10.0. The monoisotopic (exact) mass is 476 g/mol. The molecule has 9 heteroatoms. The van der Waals surface area contributed by atoms with Crippen LogP contribution in [0.25, 0.3) is 0 Å². The van der Waals surface area contributed by atoms with Gasteiger partial charge >= 0.3 is 0 Å². The fourth-order valence-electron chi connectivity index (χ4n) is 4.10. The molecule has 0 aromatic heterocycles. The molecule has 2 atom stereocenters. The Morgan fingerprint density at radius 3 is 2.59 bits per heavy atom. The van der Waals surface area contributed by atoms with Gasteiger partial charge in [0, 0.05) is 37.1 Å². The van der Waals surface area contributed by atoms with Gasteiger partial charge in [-0.05, 0) is 55.2 Å². The van der Waals surface area contributed by atoms with Gasteiger partial charge in [-0.3, -0.25) is 14.4 Å². The van der Waals surface area contributed by atoms with Crippen LogP contribution < -0.4 is 4.72 Å². The van der Waals surface area contributed by atoms with Gasteiger partial charge in [-0.1, -0.05) is 17.7 Å². The standard InChI is InChI=1S/C23H22ClFN2O4S/c24-19-12-17(8-9-20(19)25)32(31)26-15-6-5-14-13-27(23(30)18(14)11-15)21-10-7-16(28)3-1-2-4-22(21)29/h5-6,8-9,11-12,21,26H,1-4,7,10,13H2. The fraction of sp³-hybridized carbons (Fsp3) is 0.348. The van der Waals surface area contributed by atoms with Gasteiger partial charge in [0.15, 0.2) is 5.78 Å². The molecule has 0 spiro atoms. The van der Waals surface area contributed by atoms with Crippen LogP contribution in [0.5, 0.6) is 0 Å². The molecule has 1 amide bonds. The minimum absolute atomic E-state index is 0.00602. The number of anilines is 1. The number of rotatable bonds is 4. The summed E-state index contributed by atoms with van der Waals surface area (Å²) in [6, 6.07) is 8.25. The van der Waals surface area contributed by atoms with Crippen LogP contribution in [0, 0.1) is 5.82 Å². The molecule has 6 nitrogen and oxygen atoms in total. The van der Waals surface area contributed by atoms with Crippen molar-refractivity contribution in [1.82, 2.24) is 4.90 Å². The SMILES string of the molecule is O=C1CCCCC(=O)C(N2Cc3ccc(NS(=O)c4ccc(F)c(Cl)c4)cc3C2=O)CC1. The van der Waals surface area contributed by atoms with Gasteiger partial charge in [-0.25, -0.2) is 8.60 Å². The van der Waals surface area contributed by atoms with E-state index in [9.17, 15) is 23.0 Å². The second kappa shape index (κ2) is 9.50. The van der Waals surface area contributed by atoms with Gasteiger partial charge < -0.3 is 9.62 Å². The molecular weight excluding hydrogens is 455 g/mol. The predicted molar refractivity (Wildman–Crippen MR) is 119 cm³/mol. The molecule has 2 aromatic carbocycles. The molecule has 32 heavy (non-hydrogen) atoms. The zero-order chi connectivity index (χ0) is 22.8. The van der Waals surface area contributed by atoms with E-state index in [0.29, 0.717) is 61.2 Å². The fourth-order valence-corrected chi connectivity index (χ4v) is 5.22. The van der Waals surface area contributed by atoms with Crippen LogP contribution >= 0.6 is 11.6 Å². The maximum atomic E-state index is 13.4. The molecule has 1 N–H and O–H groups in total. The summed E-state index contributed by atoms with van der Waals surface area (Å²) in [7, 11) is -1.71. The molecule has 2 aliphatic rings. The normalized spacial score (nSPS) is 20.4. The number of nitrogens with zero attached hydrogens (tertiary/aromatic N) is 1. The van der Waals surface area contributed by atoms with Crippen LogP contribution in [0.4, 0.5) is 10.1 Å². The van der Waals surface area contributed by atoms with E-state index in [-0.39, 0.29) is 22.5 Å². The van der Waals surface area contributed by atoms with E-state index in [1.807, 2.05) is 0 Å². The van der Waals surface area contributed by atoms with Crippen LogP contribution in [-0.4, -0.2) is 32.6 Å². The highest BCUT2D eigenvalue weighted by atomic mass is 35.5. The lowest BCUT2D eigenvalue weighted by Crippen LogP contribution is -2.41. The van der Waals surface area contributed by atoms with Crippen molar-refractivity contribution in [2.45, 2.75) is 56.0 Å². The van der Waals surface area contributed by atoms with Crippen molar-refractivity contribution in [3.8, 4) is 0 Å². The van der Waals surface area contributed by atoms with Gasteiger partial charge in [0.05, 0.1) is 16.0 Å². The second-order valence-electron chi connectivity index (χ2n) is 8.02. The van der Waals surface area contributed by atoms with Crippen LogP contribution in [0.1, 0.15) is 54.4 Å². The summed E-state index contributed by atoms with van der Waals surface area (Å²) in [6.45, 7) is 0.301. The third kappa shape index (κ3) is 4.76. The van der Waals surface area contributed by atoms with E-state index in [2.05, 4.69) is 4.72 Å². The topological polar surface area (TPSA) is 83.6 Å². The molecule has 0 radical (unpaired) electrons. The summed E-state index contributed by atoms with van der Waals surface area (Å²) in [5.74, 6) is -0.752. The Kier molecular flexibility index (Phi) is 6.71. The Hall–Kier alpha value is -2.58. The minimum atomic E-state index is -1.71. The van der Waals surface area contributed by atoms with Crippen molar-refractivity contribution in [2.75, 3.05) is 4.72 Å². The van der Waals surface area contributed by atoms with E-state index in [0.717, 1.165) is 11.6 Å². The van der Waals surface area contributed by atoms with Crippen molar-refractivity contribution in [3.63, 3.8) is 0 Å². The molecule has 2 aromatic rings. The van der Waals surface area contributed by atoms with Crippen LogP contribution in [0.3, 0.4) is 0 Å². The Labute approximate surface area is 192 Å². The summed E-state index contributed by atoms with van der Waals surface area (Å²) < 4.78 is 28.8. The molecule has 0 saturated heterocycles. The summed E-state index contributed by atoms with van der Waals surface area (Å²) in [5, 5.41) is -0.129. The highest BCUT2D eigenvalue weighted by molar-refractivity contribution is 7.86. The number of carbonyl (C=O) groups is 3. The van der Waals surface area contributed by atoms with Gasteiger partial charge in [-0.2, -0.15) is 0 Å². The molecule has 1 fully saturated rings. The number of benzene rings is 2. The number of carbonyl (C=O) groups excluding carboxylic acids is 3. The number of ketones is 2. The van der Waals surface area contributed by atoms with Gasteiger partial charge in [0.25, 0.3) is 5.91 Å². The Morgan fingerprint density at radius 1 is 1.03 bits per heavy atom. The molecule has 1 heterocycles. The first-order valence-corrected chi connectivity index (χ1v) is 12.0. The summed E-state index contributed by atoms with van der Waals surface area (Å²) >= 11 is 5.76. The Morgan fingerprint density at radius 2 is 1.81 bits per heavy atom. The predicted octanol–water partition coefficient (Wildman–Crippen LogP) is 4.43. The average molecular weight is 477 g/mol. The van der Waals surface area contributed by atoms with Crippen molar-refractivity contribution in [2.24, 2.45) is 0 Å². The van der Waals surface area contributed by atoms with Gasteiger partial charge in [-0.15, -0.1) is 0 Å². The number of hydrogen-bond donors (Lipinski definition) is 1. The lowest BCUT2D eigenvalue weighted by molar-refractivity contribution is -0.124. The van der Waals surface area contributed by atoms with Crippen molar-refractivity contribution >= 4 is 45.7 Å². The molecule has 2 unspecified atom stereocenters. The largest absolute Gasteiger partial charge is 0.324 e. The molecule has 4 rings (SSSR count). The van der Waals surface area contributed by atoms with Crippen molar-refractivity contribution in [3.05, 3.63) is 58.4 Å². The first kappa shape index (κ1) is 22.6. The third-order valence-electron chi connectivity index (χ3n) is 5.83. The zero-order valence-electron chi connectivity index (χ0n) is 17.2. The first-order chi connectivity index (χ1) is 15.3. The number of fused-ring (bicyclic) bond motifs is 1. The smallest absolute Gasteiger partial charge is 0.255 e. The zero-order valence-corrected chi connectivity index (χ0v) is 18.8. The van der Waals surface area contributed by atoms with Crippen LogP contribution in [0.2, 0.25) is 5.02 Å². The van der Waals surface area contributed by atoms with E-state index in [4.69, 9.17) is 11.6 Å². The van der Waals surface area contributed by atoms with Gasteiger partial charge in [0.1, 0.15) is 22.6 Å². The lowest BCUT2D eigenvalue weighted by Gasteiger charge is -2.26. The molecule has 1 aliphatic heterocycles. The number of nitrogens with one attached hydrogen (secondary N) is 1. The highest BCUT2D eigenvalue weighted by Gasteiger charge is 2.36. The summed E-state index contributed by atoms with van der Waals surface area (Å²) in [6.07, 6.45) is 2.85. The van der Waals surface area contributed by atoms with Gasteiger partial charge in [0.2, 0.25) is 0 Å². The second-order valence-corrected chi connectivity index (χ2v) is 9.64. The quantitative estimate of drug-likeness (QED) is 0.707. The molecule has 1 aliphatic carbocycles. The van der Waals surface area contributed by atoms with E-state index < -0.39 is 22.8 Å². The number of Topliss-reactive ketones (excluding diaryl/α,β-unsaturated/α-hetero) is 2. The third-order valence-corrected chi connectivity index (χ3v) is 7.22. The Balaban J connectivity index is 1.51. The number of amides is 1. The number of hydrogen-bond acceptors (Lipinski definition) is 4. The van der Waals surface area contributed by atoms with E-state index >= 15 is 0 Å². The maximum absolute atomic E-state index is 13.4. The molecule has 1 saturated carbocycles. The molecule has 0 bridgehead atoms. The first-order valence-electron chi connectivity index (χ1n) is 10.5. The van der Waals surface area contributed by atoms with Crippen LogP contribution in [-0.2, 0) is 27.1 Å². The number of halogens is 2. The van der Waals surface area contributed by atoms with Crippen LogP contribution in [0.15, 0.2) is 41.3 Å². The van der Waals surface area contributed by atoms with Crippen molar-refractivity contribution in [1.29, 1.82) is 0 Å². The van der Waals surface area contributed by atoms with E-state index in [1.165, 1.54) is 12.1 Å². The maximum Gasteiger partial charge on any atom is 0.255 e. The Bertz CT molecular complexity index is 1120. The highest BCUT2D eigenvalue weighted by Crippen LogP contribution is 2.30. The summed E-state index contributed by atoms with van der Waals surface area (Å²) in [5.41, 5.74) is 1.66. The average Bonchev–Trinajstić information content (AvgIpc) is 3.12. The molecule has 168 valence electrons. The minimum Gasteiger partial charge on any atom is -0.324 e. The van der Waals surface area contributed by atoms with Crippen molar-refractivity contribution < 1.29 is 23.0 Å². The summed E-state index contributed by atoms with van der Waals surface area (Å²) in [4.78, 5) is 39.7.